The van der Waals surface area contributed by atoms with Gasteiger partial charge in [-0.15, -0.1) is 11.3 Å². The summed E-state index contributed by atoms with van der Waals surface area (Å²) < 4.78 is 6.94. The molecule has 6 nitrogen and oxygen atoms in total. The van der Waals surface area contributed by atoms with Crippen molar-refractivity contribution in [3.05, 3.63) is 40.3 Å². The first-order chi connectivity index (χ1) is 13.6. The van der Waals surface area contributed by atoms with Crippen LogP contribution in [0.1, 0.15) is 41.7 Å². The molecule has 0 fully saturated rings. The molecule has 0 spiro atoms. The number of hydrogen-bond donors (Lipinski definition) is 0. The minimum atomic E-state index is -0.252. The zero-order valence-electron chi connectivity index (χ0n) is 16.5. The van der Waals surface area contributed by atoms with E-state index in [-0.39, 0.29) is 12.4 Å². The van der Waals surface area contributed by atoms with Crippen LogP contribution in [0, 0.1) is 6.92 Å². The van der Waals surface area contributed by atoms with Crippen molar-refractivity contribution >= 4 is 17.3 Å². The molecule has 3 heterocycles. The highest BCUT2D eigenvalue weighted by Gasteiger charge is 2.27. The van der Waals surface area contributed by atoms with E-state index in [4.69, 9.17) is 14.8 Å². The number of nitrogens with zero attached hydrogens (tertiary/aromatic N) is 4. The molecule has 1 aliphatic rings. The number of aromatic nitrogens is 4. The molecule has 0 bridgehead atoms. The lowest BCUT2D eigenvalue weighted by Gasteiger charge is -2.05. The maximum absolute atomic E-state index is 11.7. The standard InChI is InChI=1S/C21H24N4O2S/c1-4-10-25-20-15(19(24-25)14-9-8-13(2)22-12-14)6-5-7-16-21(20)28-17(23-16)11-18(26)27-3/h8-9,12H,4-7,10-11H2,1-3H3. The molecule has 4 rings (SSSR count). The van der Waals surface area contributed by atoms with E-state index in [1.165, 1.54) is 18.4 Å². The van der Waals surface area contributed by atoms with Crippen molar-refractivity contribution in [1.82, 2.24) is 19.7 Å². The first-order valence-corrected chi connectivity index (χ1v) is 10.5. The van der Waals surface area contributed by atoms with Gasteiger partial charge in [-0.1, -0.05) is 6.92 Å². The molecule has 0 N–H and O–H groups in total. The second kappa shape index (κ2) is 7.83. The van der Waals surface area contributed by atoms with Gasteiger partial charge in [-0.2, -0.15) is 5.10 Å². The molecule has 28 heavy (non-hydrogen) atoms. The Labute approximate surface area is 168 Å². The Kier molecular flexibility index (Phi) is 5.26. The van der Waals surface area contributed by atoms with Crippen LogP contribution in [0.5, 0.6) is 0 Å². The van der Waals surface area contributed by atoms with Crippen LogP contribution in [0.4, 0.5) is 0 Å². The maximum atomic E-state index is 11.7. The van der Waals surface area contributed by atoms with Gasteiger partial charge in [0, 0.05) is 29.6 Å². The molecule has 146 valence electrons. The Bertz CT molecular complexity index is 1000. The lowest BCUT2D eigenvalue weighted by molar-refractivity contribution is -0.139. The van der Waals surface area contributed by atoms with E-state index in [0.29, 0.717) is 0 Å². The van der Waals surface area contributed by atoms with Crippen LogP contribution < -0.4 is 0 Å². The quantitative estimate of drug-likeness (QED) is 0.610. The number of rotatable bonds is 5. The Hall–Kier alpha value is -2.54. The average molecular weight is 397 g/mol. The lowest BCUT2D eigenvalue weighted by atomic mass is 10.0. The van der Waals surface area contributed by atoms with Gasteiger partial charge in [0.1, 0.15) is 5.01 Å². The van der Waals surface area contributed by atoms with E-state index in [1.807, 2.05) is 19.2 Å². The smallest absolute Gasteiger partial charge is 0.312 e. The van der Waals surface area contributed by atoms with Gasteiger partial charge < -0.3 is 4.74 Å². The second-order valence-corrected chi connectivity index (χ2v) is 8.16. The molecular formula is C21H24N4O2S. The molecule has 0 aromatic carbocycles. The Balaban J connectivity index is 1.85. The van der Waals surface area contributed by atoms with Crippen molar-refractivity contribution in [2.75, 3.05) is 7.11 Å². The van der Waals surface area contributed by atoms with E-state index in [0.717, 1.165) is 64.8 Å². The highest BCUT2D eigenvalue weighted by atomic mass is 32.1. The van der Waals surface area contributed by atoms with Crippen LogP contribution in [0.2, 0.25) is 0 Å². The fourth-order valence-electron chi connectivity index (χ4n) is 3.66. The second-order valence-electron chi connectivity index (χ2n) is 7.08. The summed E-state index contributed by atoms with van der Waals surface area (Å²) in [6.45, 7) is 5.01. The minimum absolute atomic E-state index is 0.222. The van der Waals surface area contributed by atoms with E-state index >= 15 is 0 Å². The summed E-state index contributed by atoms with van der Waals surface area (Å²) in [6, 6.07) is 4.13. The van der Waals surface area contributed by atoms with E-state index < -0.39 is 0 Å². The zero-order chi connectivity index (χ0) is 19.7. The Morgan fingerprint density at radius 3 is 2.89 bits per heavy atom. The van der Waals surface area contributed by atoms with Gasteiger partial charge in [-0.05, 0) is 44.7 Å². The van der Waals surface area contributed by atoms with E-state index in [1.54, 1.807) is 11.3 Å². The van der Waals surface area contributed by atoms with E-state index in [2.05, 4.69) is 22.7 Å². The molecule has 3 aromatic heterocycles. The molecule has 0 amide bonds. The SMILES string of the molecule is CCCn1nc(-c2ccc(C)nc2)c2c1-c1sc(CC(=O)OC)nc1CCC2. The zero-order valence-corrected chi connectivity index (χ0v) is 17.3. The molecule has 0 aliphatic heterocycles. The Morgan fingerprint density at radius 1 is 1.32 bits per heavy atom. The normalized spacial score (nSPS) is 13.0. The third-order valence-corrected chi connectivity index (χ3v) is 6.10. The number of hydrogen-bond acceptors (Lipinski definition) is 6. The van der Waals surface area contributed by atoms with Crippen molar-refractivity contribution in [3.8, 4) is 21.8 Å². The summed E-state index contributed by atoms with van der Waals surface area (Å²) >= 11 is 1.60. The summed E-state index contributed by atoms with van der Waals surface area (Å²) in [5, 5.41) is 5.78. The third kappa shape index (κ3) is 3.46. The van der Waals surface area contributed by atoms with Gasteiger partial charge in [0.2, 0.25) is 0 Å². The number of thiazole rings is 1. The van der Waals surface area contributed by atoms with Gasteiger partial charge >= 0.3 is 5.97 Å². The predicted molar refractivity (Wildman–Crippen MR) is 109 cm³/mol. The monoisotopic (exact) mass is 396 g/mol. The molecule has 7 heteroatoms. The van der Waals surface area contributed by atoms with Crippen molar-refractivity contribution in [2.24, 2.45) is 0 Å². The molecule has 0 radical (unpaired) electrons. The number of esters is 1. The number of ether oxygens (including phenoxy) is 1. The summed E-state index contributed by atoms with van der Waals surface area (Å²) in [6.07, 6.45) is 6.04. The first kappa shape index (κ1) is 18.8. The van der Waals surface area contributed by atoms with Crippen molar-refractivity contribution in [2.45, 2.75) is 52.5 Å². The topological polar surface area (TPSA) is 69.9 Å². The van der Waals surface area contributed by atoms with Crippen molar-refractivity contribution < 1.29 is 9.53 Å². The molecule has 0 unspecified atom stereocenters. The fourth-order valence-corrected chi connectivity index (χ4v) is 4.83. The molecule has 1 aliphatic carbocycles. The average Bonchev–Trinajstić information content (AvgIpc) is 3.19. The molecule has 0 atom stereocenters. The first-order valence-electron chi connectivity index (χ1n) is 9.69. The van der Waals surface area contributed by atoms with Gasteiger partial charge in [0.15, 0.2) is 0 Å². The summed E-state index contributed by atoms with van der Waals surface area (Å²) in [5.41, 5.74) is 6.59. The van der Waals surface area contributed by atoms with Gasteiger partial charge in [-0.25, -0.2) is 4.98 Å². The van der Waals surface area contributed by atoms with Crippen LogP contribution in [-0.2, 0) is 35.3 Å². The minimum Gasteiger partial charge on any atom is -0.469 e. The van der Waals surface area contributed by atoms with Crippen molar-refractivity contribution in [3.63, 3.8) is 0 Å². The number of carbonyl (C=O) groups is 1. The van der Waals surface area contributed by atoms with Crippen LogP contribution in [0.15, 0.2) is 18.3 Å². The van der Waals surface area contributed by atoms with Crippen LogP contribution in [0.25, 0.3) is 21.8 Å². The van der Waals surface area contributed by atoms with Gasteiger partial charge in [0.25, 0.3) is 0 Å². The summed E-state index contributed by atoms with van der Waals surface area (Å²) in [4.78, 5) is 22.1. The summed E-state index contributed by atoms with van der Waals surface area (Å²) in [7, 11) is 1.41. The number of fused-ring (bicyclic) bond motifs is 3. The Morgan fingerprint density at radius 2 is 2.18 bits per heavy atom. The van der Waals surface area contributed by atoms with Crippen LogP contribution in [0.3, 0.4) is 0 Å². The molecule has 0 saturated carbocycles. The summed E-state index contributed by atoms with van der Waals surface area (Å²) in [5.74, 6) is -0.252. The number of carbonyl (C=O) groups excluding carboxylic acids is 1. The highest BCUT2D eigenvalue weighted by molar-refractivity contribution is 7.15. The maximum Gasteiger partial charge on any atom is 0.312 e. The third-order valence-electron chi connectivity index (χ3n) is 4.99. The van der Waals surface area contributed by atoms with Crippen molar-refractivity contribution in [1.29, 1.82) is 0 Å². The number of methoxy groups -OCH3 is 1. The molecular weight excluding hydrogens is 372 g/mol. The highest BCUT2D eigenvalue weighted by Crippen LogP contribution is 2.41. The van der Waals surface area contributed by atoms with Gasteiger partial charge in [0.05, 0.1) is 35.5 Å². The van der Waals surface area contributed by atoms with E-state index in [9.17, 15) is 4.79 Å². The number of aryl methyl sites for hydroxylation is 3. The largest absolute Gasteiger partial charge is 0.469 e. The van der Waals surface area contributed by atoms with Crippen LogP contribution in [-0.4, -0.2) is 32.8 Å². The molecule has 0 saturated heterocycles. The van der Waals surface area contributed by atoms with Crippen LogP contribution >= 0.6 is 11.3 Å². The van der Waals surface area contributed by atoms with Gasteiger partial charge in [-0.3, -0.25) is 14.5 Å². The lowest BCUT2D eigenvalue weighted by Crippen LogP contribution is -2.04. The predicted octanol–water partition coefficient (Wildman–Crippen LogP) is 3.99. The number of pyridine rings is 1. The fraction of sp³-hybridized carbons (Fsp3) is 0.429. The molecule has 3 aromatic rings.